The number of amides is 2. The zero-order valence-electron chi connectivity index (χ0n) is 16.6. The molecular formula is C21H19N5O5. The fraction of sp³-hybridized carbons (Fsp3) is 0.190. The van der Waals surface area contributed by atoms with E-state index in [1.54, 1.807) is 18.3 Å². The van der Waals surface area contributed by atoms with Crippen LogP contribution in [0.3, 0.4) is 0 Å². The van der Waals surface area contributed by atoms with E-state index in [0.717, 1.165) is 11.4 Å². The largest absolute Gasteiger partial charge is 0.482 e. The van der Waals surface area contributed by atoms with E-state index < -0.39 is 16.7 Å². The molecule has 1 aromatic heterocycles. The summed E-state index contributed by atoms with van der Waals surface area (Å²) in [5.41, 5.74) is 1.64. The van der Waals surface area contributed by atoms with Crippen molar-refractivity contribution in [3.05, 3.63) is 76.4 Å². The van der Waals surface area contributed by atoms with Gasteiger partial charge >= 0.3 is 0 Å². The number of hydrogen-bond donors (Lipinski definition) is 1. The Hall–Kier alpha value is -4.21. The summed E-state index contributed by atoms with van der Waals surface area (Å²) in [4.78, 5) is 40.7. The van der Waals surface area contributed by atoms with Gasteiger partial charge in [0, 0.05) is 36.8 Å². The third-order valence-corrected chi connectivity index (χ3v) is 4.91. The van der Waals surface area contributed by atoms with Gasteiger partial charge in [-0.3, -0.25) is 24.6 Å². The molecule has 4 rings (SSSR count). The number of non-ortho nitro benzene ring substituents is 1. The summed E-state index contributed by atoms with van der Waals surface area (Å²) in [6.07, 6.45) is 3.64. The van der Waals surface area contributed by atoms with Crippen molar-refractivity contribution < 1.29 is 19.2 Å². The smallest absolute Gasteiger partial charge is 0.271 e. The summed E-state index contributed by atoms with van der Waals surface area (Å²) in [5, 5.41) is 13.8. The van der Waals surface area contributed by atoms with Crippen LogP contribution in [0.5, 0.6) is 5.75 Å². The maximum atomic E-state index is 12.5. The van der Waals surface area contributed by atoms with E-state index in [4.69, 9.17) is 4.74 Å². The molecule has 1 aliphatic rings. The molecule has 0 saturated carbocycles. The van der Waals surface area contributed by atoms with Crippen molar-refractivity contribution in [1.82, 2.24) is 9.55 Å². The average molecular weight is 421 g/mol. The molecule has 1 aliphatic heterocycles. The monoisotopic (exact) mass is 421 g/mol. The topological polar surface area (TPSA) is 120 Å². The standard InChI is InChI=1S/C21H19N5O5/c1-14-22-8-9-24(14)11-15-2-4-16(5-3-15)23-20(27)12-25-18-10-17(26(29)30)6-7-19(18)31-13-21(25)28/h2-10H,11-13H2,1H3,(H,23,27). The Morgan fingerprint density at radius 1 is 1.26 bits per heavy atom. The number of nitro groups is 1. The number of aryl methyl sites for hydroxylation is 1. The lowest BCUT2D eigenvalue weighted by atomic mass is 10.2. The number of nitrogens with one attached hydrogen (secondary N) is 1. The van der Waals surface area contributed by atoms with Crippen LogP contribution >= 0.6 is 0 Å². The third kappa shape index (κ3) is 4.37. The van der Waals surface area contributed by atoms with Gasteiger partial charge in [-0.25, -0.2) is 4.98 Å². The van der Waals surface area contributed by atoms with Crippen molar-refractivity contribution in [3.8, 4) is 5.75 Å². The van der Waals surface area contributed by atoms with E-state index in [0.29, 0.717) is 18.0 Å². The Kier molecular flexibility index (Phi) is 5.35. The quantitative estimate of drug-likeness (QED) is 0.482. The Balaban J connectivity index is 1.44. The maximum absolute atomic E-state index is 12.5. The highest BCUT2D eigenvalue weighted by Gasteiger charge is 2.29. The average Bonchev–Trinajstić information content (AvgIpc) is 3.15. The SMILES string of the molecule is Cc1nccn1Cc1ccc(NC(=O)CN2C(=O)COc3ccc([N+](=O)[O-])cc32)cc1. The first-order valence-corrected chi connectivity index (χ1v) is 9.49. The molecule has 1 N–H and O–H groups in total. The summed E-state index contributed by atoms with van der Waals surface area (Å²) in [6, 6.07) is 11.3. The number of ether oxygens (including phenoxy) is 1. The first kappa shape index (κ1) is 20.1. The number of anilines is 2. The molecule has 0 aliphatic carbocycles. The molecule has 2 aromatic carbocycles. The second-order valence-electron chi connectivity index (χ2n) is 7.03. The van der Waals surface area contributed by atoms with Crippen molar-refractivity contribution in [3.63, 3.8) is 0 Å². The van der Waals surface area contributed by atoms with Crippen LogP contribution in [-0.4, -0.2) is 39.4 Å². The van der Waals surface area contributed by atoms with Gasteiger partial charge in [-0.15, -0.1) is 0 Å². The van der Waals surface area contributed by atoms with Gasteiger partial charge in [-0.05, 0) is 30.7 Å². The van der Waals surface area contributed by atoms with Gasteiger partial charge in [0.05, 0.1) is 10.6 Å². The summed E-state index contributed by atoms with van der Waals surface area (Å²) in [6.45, 7) is 2.07. The van der Waals surface area contributed by atoms with E-state index in [2.05, 4.69) is 10.3 Å². The van der Waals surface area contributed by atoms with Gasteiger partial charge in [0.2, 0.25) is 5.91 Å². The second-order valence-corrected chi connectivity index (χ2v) is 7.03. The molecule has 10 heteroatoms. The molecule has 10 nitrogen and oxygen atoms in total. The predicted molar refractivity (Wildman–Crippen MR) is 112 cm³/mol. The molecule has 0 bridgehead atoms. The lowest BCUT2D eigenvalue weighted by Gasteiger charge is -2.28. The maximum Gasteiger partial charge on any atom is 0.271 e. The van der Waals surface area contributed by atoms with Gasteiger partial charge in [0.15, 0.2) is 6.61 Å². The highest BCUT2D eigenvalue weighted by atomic mass is 16.6. The van der Waals surface area contributed by atoms with Gasteiger partial charge in [0.25, 0.3) is 11.6 Å². The lowest BCUT2D eigenvalue weighted by molar-refractivity contribution is -0.384. The van der Waals surface area contributed by atoms with Crippen LogP contribution in [0.25, 0.3) is 0 Å². The molecule has 3 aromatic rings. The molecule has 2 amide bonds. The van der Waals surface area contributed by atoms with Crippen LogP contribution in [0.4, 0.5) is 17.1 Å². The van der Waals surface area contributed by atoms with Crippen LogP contribution in [0.2, 0.25) is 0 Å². The normalized spacial score (nSPS) is 12.8. The Morgan fingerprint density at radius 2 is 2.03 bits per heavy atom. The molecule has 2 heterocycles. The van der Waals surface area contributed by atoms with E-state index >= 15 is 0 Å². The van der Waals surface area contributed by atoms with E-state index in [9.17, 15) is 19.7 Å². The highest BCUT2D eigenvalue weighted by Crippen LogP contribution is 2.35. The van der Waals surface area contributed by atoms with E-state index in [1.807, 2.05) is 29.8 Å². The molecule has 0 radical (unpaired) electrons. The number of nitrogens with zero attached hydrogens (tertiary/aromatic N) is 4. The molecule has 0 atom stereocenters. The van der Waals surface area contributed by atoms with E-state index in [1.165, 1.54) is 23.1 Å². The van der Waals surface area contributed by atoms with Crippen molar-refractivity contribution >= 4 is 28.9 Å². The Labute approximate surface area is 177 Å². The molecule has 0 spiro atoms. The zero-order valence-corrected chi connectivity index (χ0v) is 16.6. The van der Waals surface area contributed by atoms with Crippen molar-refractivity contribution in [2.75, 3.05) is 23.4 Å². The van der Waals surface area contributed by atoms with Gasteiger partial charge in [0.1, 0.15) is 18.1 Å². The molecular weight excluding hydrogens is 402 g/mol. The summed E-state index contributed by atoms with van der Waals surface area (Å²) in [5.74, 6) is 0.352. The van der Waals surface area contributed by atoms with Gasteiger partial charge in [-0.1, -0.05) is 12.1 Å². The summed E-state index contributed by atoms with van der Waals surface area (Å²) in [7, 11) is 0. The van der Waals surface area contributed by atoms with Gasteiger partial charge < -0.3 is 14.6 Å². The number of rotatable bonds is 6. The number of fused-ring (bicyclic) bond motifs is 1. The second kappa shape index (κ2) is 8.27. The minimum atomic E-state index is -0.565. The summed E-state index contributed by atoms with van der Waals surface area (Å²) >= 11 is 0. The number of hydrogen-bond acceptors (Lipinski definition) is 6. The molecule has 158 valence electrons. The van der Waals surface area contributed by atoms with Crippen molar-refractivity contribution in [1.29, 1.82) is 0 Å². The van der Waals surface area contributed by atoms with Crippen LogP contribution in [0.1, 0.15) is 11.4 Å². The van der Waals surface area contributed by atoms with Crippen molar-refractivity contribution in [2.24, 2.45) is 0 Å². The van der Waals surface area contributed by atoms with Gasteiger partial charge in [-0.2, -0.15) is 0 Å². The zero-order chi connectivity index (χ0) is 22.0. The molecule has 0 unspecified atom stereocenters. The lowest BCUT2D eigenvalue weighted by Crippen LogP contribution is -2.43. The molecule has 0 fully saturated rings. The Bertz CT molecular complexity index is 1160. The first-order valence-electron chi connectivity index (χ1n) is 9.49. The highest BCUT2D eigenvalue weighted by molar-refractivity contribution is 6.05. The van der Waals surface area contributed by atoms with Crippen LogP contribution in [0.15, 0.2) is 54.9 Å². The fourth-order valence-electron chi connectivity index (χ4n) is 3.28. The summed E-state index contributed by atoms with van der Waals surface area (Å²) < 4.78 is 7.32. The van der Waals surface area contributed by atoms with Crippen molar-refractivity contribution in [2.45, 2.75) is 13.5 Å². The molecule has 0 saturated heterocycles. The minimum absolute atomic E-state index is 0.189. The number of benzene rings is 2. The fourth-order valence-corrected chi connectivity index (χ4v) is 3.28. The minimum Gasteiger partial charge on any atom is -0.482 e. The number of imidazole rings is 1. The molecule has 31 heavy (non-hydrogen) atoms. The number of carbonyl (C=O) groups is 2. The third-order valence-electron chi connectivity index (χ3n) is 4.91. The van der Waals surface area contributed by atoms with E-state index in [-0.39, 0.29) is 24.5 Å². The number of nitro benzene ring substituents is 1. The predicted octanol–water partition coefficient (Wildman–Crippen LogP) is 2.51. The van der Waals surface area contributed by atoms with Crippen LogP contribution in [-0.2, 0) is 16.1 Å². The van der Waals surface area contributed by atoms with Crippen LogP contribution < -0.4 is 15.0 Å². The van der Waals surface area contributed by atoms with Crippen LogP contribution in [0, 0.1) is 17.0 Å². The first-order chi connectivity index (χ1) is 14.9. The Morgan fingerprint density at radius 3 is 2.71 bits per heavy atom. The number of carbonyl (C=O) groups excluding carboxylic acids is 2. The number of aromatic nitrogens is 2.